The molecule has 0 saturated heterocycles. The summed E-state index contributed by atoms with van der Waals surface area (Å²) in [7, 11) is 0. The van der Waals surface area contributed by atoms with Crippen molar-refractivity contribution in [3.8, 4) is 0 Å². The predicted octanol–water partition coefficient (Wildman–Crippen LogP) is 3.35. The smallest absolute Gasteiger partial charge is 0.156 e. The Hall–Kier alpha value is -0.590. The minimum atomic E-state index is 0.148. The van der Waals surface area contributed by atoms with Crippen LogP contribution in [0, 0.1) is 10.8 Å². The second-order valence-corrected chi connectivity index (χ2v) is 5.70. The van der Waals surface area contributed by atoms with Gasteiger partial charge >= 0.3 is 0 Å². The number of ketones is 1. The molecule has 0 amide bonds. The van der Waals surface area contributed by atoms with Gasteiger partial charge in [0, 0.05) is 6.42 Å². The number of rotatable bonds is 0. The van der Waals surface area contributed by atoms with Crippen LogP contribution in [0.1, 0.15) is 47.5 Å². The first-order valence-electron chi connectivity index (χ1n) is 4.95. The van der Waals surface area contributed by atoms with Gasteiger partial charge in [-0.1, -0.05) is 33.3 Å². The Balaban J connectivity index is 3.03. The number of allylic oxidation sites excluding steroid dienone is 2. The lowest BCUT2D eigenvalue weighted by atomic mass is 9.72. The maximum atomic E-state index is 11.5. The molecule has 1 aliphatic carbocycles. The summed E-state index contributed by atoms with van der Waals surface area (Å²) >= 11 is 0. The van der Waals surface area contributed by atoms with Crippen molar-refractivity contribution in [1.82, 2.24) is 0 Å². The topological polar surface area (TPSA) is 17.1 Å². The van der Waals surface area contributed by atoms with Gasteiger partial charge in [-0.25, -0.2) is 0 Å². The van der Waals surface area contributed by atoms with Gasteiger partial charge in [0.2, 0.25) is 0 Å². The lowest BCUT2D eigenvalue weighted by molar-refractivity contribution is -0.116. The molecule has 0 aromatic carbocycles. The monoisotopic (exact) mass is 180 g/mol. The number of carbonyl (C=O) groups excluding carboxylic acids is 1. The maximum Gasteiger partial charge on any atom is 0.156 e. The maximum absolute atomic E-state index is 11.5. The van der Waals surface area contributed by atoms with Gasteiger partial charge in [-0.15, -0.1) is 0 Å². The normalized spacial score (nSPS) is 26.5. The van der Waals surface area contributed by atoms with E-state index in [2.05, 4.69) is 34.6 Å². The van der Waals surface area contributed by atoms with Crippen LogP contribution in [-0.4, -0.2) is 5.78 Å². The first kappa shape index (κ1) is 10.5. The summed E-state index contributed by atoms with van der Waals surface area (Å²) in [5.74, 6) is 0.285. The van der Waals surface area contributed by atoms with Crippen LogP contribution in [-0.2, 0) is 4.79 Å². The second kappa shape index (κ2) is 2.97. The average Bonchev–Trinajstić information content (AvgIpc) is 1.85. The number of hydrogen-bond acceptors (Lipinski definition) is 1. The Kier molecular flexibility index (Phi) is 2.40. The molecule has 0 saturated carbocycles. The van der Waals surface area contributed by atoms with E-state index >= 15 is 0 Å². The van der Waals surface area contributed by atoms with Gasteiger partial charge in [-0.3, -0.25) is 4.79 Å². The van der Waals surface area contributed by atoms with E-state index in [1.54, 1.807) is 0 Å². The van der Waals surface area contributed by atoms with Gasteiger partial charge in [0.1, 0.15) is 0 Å². The fraction of sp³-hybridized carbons (Fsp3) is 0.750. The Bertz CT molecular complexity index is 256. The molecule has 1 rings (SSSR count). The third-order valence-corrected chi connectivity index (χ3v) is 3.02. The molecular weight excluding hydrogens is 160 g/mol. The van der Waals surface area contributed by atoms with E-state index in [0.717, 1.165) is 6.42 Å². The molecule has 0 spiro atoms. The van der Waals surface area contributed by atoms with Gasteiger partial charge in [0.15, 0.2) is 5.78 Å². The molecule has 0 aromatic heterocycles. The predicted molar refractivity (Wildman–Crippen MR) is 55.6 cm³/mol. The van der Waals surface area contributed by atoms with Gasteiger partial charge in [0.05, 0.1) is 0 Å². The average molecular weight is 180 g/mol. The third-order valence-electron chi connectivity index (χ3n) is 3.02. The Labute approximate surface area is 81.2 Å². The van der Waals surface area contributed by atoms with E-state index in [-0.39, 0.29) is 16.6 Å². The summed E-state index contributed by atoms with van der Waals surface area (Å²) in [5, 5.41) is 0. The molecule has 0 heterocycles. The summed E-state index contributed by atoms with van der Waals surface area (Å²) < 4.78 is 0. The van der Waals surface area contributed by atoms with E-state index < -0.39 is 0 Å². The minimum Gasteiger partial charge on any atom is -0.295 e. The Morgan fingerprint density at radius 1 is 1.23 bits per heavy atom. The van der Waals surface area contributed by atoms with Gasteiger partial charge < -0.3 is 0 Å². The standard InChI is InChI=1S/C12H20O/c1-9-6-10(13)7-11(2,3)8-12(9,4)5/h6H,7-8H2,1-5H3. The van der Waals surface area contributed by atoms with Crippen molar-refractivity contribution in [1.29, 1.82) is 0 Å². The molecule has 0 unspecified atom stereocenters. The summed E-state index contributed by atoms with van der Waals surface area (Å²) in [6, 6.07) is 0. The third kappa shape index (κ3) is 2.43. The molecule has 0 aromatic rings. The minimum absolute atomic E-state index is 0.148. The SMILES string of the molecule is CC1=CC(=O)CC(C)(C)CC1(C)C. The van der Waals surface area contributed by atoms with Crippen molar-refractivity contribution >= 4 is 5.78 Å². The zero-order valence-corrected chi connectivity index (χ0v) is 9.40. The van der Waals surface area contributed by atoms with Crippen LogP contribution in [0.4, 0.5) is 0 Å². The molecule has 1 aliphatic rings. The fourth-order valence-electron chi connectivity index (χ4n) is 2.36. The highest BCUT2D eigenvalue weighted by Gasteiger charge is 2.34. The molecular formula is C12H20O. The van der Waals surface area contributed by atoms with Crippen molar-refractivity contribution in [3.05, 3.63) is 11.6 Å². The van der Waals surface area contributed by atoms with E-state index in [1.807, 2.05) is 6.08 Å². The van der Waals surface area contributed by atoms with Crippen molar-refractivity contribution < 1.29 is 4.79 Å². The molecule has 74 valence electrons. The Morgan fingerprint density at radius 3 is 2.31 bits per heavy atom. The van der Waals surface area contributed by atoms with Gasteiger partial charge in [-0.2, -0.15) is 0 Å². The fourth-order valence-corrected chi connectivity index (χ4v) is 2.36. The van der Waals surface area contributed by atoms with Crippen LogP contribution in [0.15, 0.2) is 11.6 Å². The molecule has 0 bridgehead atoms. The molecule has 0 N–H and O–H groups in total. The van der Waals surface area contributed by atoms with E-state index in [4.69, 9.17) is 0 Å². The summed E-state index contributed by atoms with van der Waals surface area (Å²) in [5.41, 5.74) is 1.55. The van der Waals surface area contributed by atoms with Crippen LogP contribution in [0.2, 0.25) is 0 Å². The van der Waals surface area contributed by atoms with E-state index in [0.29, 0.717) is 6.42 Å². The zero-order valence-electron chi connectivity index (χ0n) is 9.40. The van der Waals surface area contributed by atoms with Crippen molar-refractivity contribution in [3.63, 3.8) is 0 Å². The highest BCUT2D eigenvalue weighted by atomic mass is 16.1. The molecule has 0 fully saturated rings. The first-order chi connectivity index (χ1) is 5.73. The quantitative estimate of drug-likeness (QED) is 0.558. The Morgan fingerprint density at radius 2 is 1.77 bits per heavy atom. The van der Waals surface area contributed by atoms with Crippen LogP contribution < -0.4 is 0 Å². The van der Waals surface area contributed by atoms with Crippen LogP contribution in [0.25, 0.3) is 0 Å². The lowest BCUT2D eigenvalue weighted by Gasteiger charge is -2.32. The summed E-state index contributed by atoms with van der Waals surface area (Å²) in [6.45, 7) is 10.9. The molecule has 0 atom stereocenters. The molecule has 0 radical (unpaired) electrons. The van der Waals surface area contributed by atoms with Crippen molar-refractivity contribution in [2.45, 2.75) is 47.5 Å². The number of hydrogen-bond donors (Lipinski definition) is 0. The van der Waals surface area contributed by atoms with Crippen molar-refractivity contribution in [2.24, 2.45) is 10.8 Å². The zero-order chi connectivity index (χ0) is 10.3. The van der Waals surface area contributed by atoms with E-state index in [9.17, 15) is 4.79 Å². The molecule has 0 aliphatic heterocycles. The van der Waals surface area contributed by atoms with Crippen LogP contribution >= 0.6 is 0 Å². The summed E-state index contributed by atoms with van der Waals surface area (Å²) in [4.78, 5) is 11.5. The van der Waals surface area contributed by atoms with Crippen LogP contribution in [0.5, 0.6) is 0 Å². The molecule has 1 heteroatoms. The first-order valence-corrected chi connectivity index (χ1v) is 4.95. The lowest BCUT2D eigenvalue weighted by Crippen LogP contribution is -2.22. The van der Waals surface area contributed by atoms with Crippen molar-refractivity contribution in [2.75, 3.05) is 0 Å². The molecule has 1 nitrogen and oxygen atoms in total. The van der Waals surface area contributed by atoms with Gasteiger partial charge in [-0.05, 0) is 30.3 Å². The highest BCUT2D eigenvalue weighted by Crippen LogP contribution is 2.43. The van der Waals surface area contributed by atoms with Gasteiger partial charge in [0.25, 0.3) is 0 Å². The van der Waals surface area contributed by atoms with Crippen LogP contribution in [0.3, 0.4) is 0 Å². The van der Waals surface area contributed by atoms with E-state index in [1.165, 1.54) is 5.57 Å². The number of carbonyl (C=O) groups is 1. The highest BCUT2D eigenvalue weighted by molar-refractivity contribution is 5.91. The second-order valence-electron chi connectivity index (χ2n) is 5.70. The summed E-state index contributed by atoms with van der Waals surface area (Å²) in [6.07, 6.45) is 3.61. The largest absolute Gasteiger partial charge is 0.295 e. The molecule has 13 heavy (non-hydrogen) atoms.